The highest BCUT2D eigenvalue weighted by atomic mass is 16.1. The fourth-order valence-electron chi connectivity index (χ4n) is 2.35. The molecule has 0 saturated heterocycles. The van der Waals surface area contributed by atoms with Crippen LogP contribution in [-0.2, 0) is 4.79 Å². The van der Waals surface area contributed by atoms with E-state index in [9.17, 15) is 4.79 Å². The van der Waals surface area contributed by atoms with Gasteiger partial charge in [0, 0.05) is 5.92 Å². The molecular formula is C15H24O. The first-order chi connectivity index (χ1) is 7.50. The number of carbonyl (C=O) groups excluding carboxylic acids is 1. The Hall–Kier alpha value is -0.850. The molecule has 1 aliphatic carbocycles. The van der Waals surface area contributed by atoms with Gasteiger partial charge < -0.3 is 0 Å². The number of rotatable bonds is 4. The van der Waals surface area contributed by atoms with Crippen molar-refractivity contribution >= 4 is 5.78 Å². The first-order valence-corrected chi connectivity index (χ1v) is 6.35. The Labute approximate surface area is 99.6 Å². The maximum Gasteiger partial charge on any atom is 0.158 e. The van der Waals surface area contributed by atoms with E-state index in [2.05, 4.69) is 33.8 Å². The smallest absolute Gasteiger partial charge is 0.158 e. The van der Waals surface area contributed by atoms with Gasteiger partial charge in [0.25, 0.3) is 0 Å². The van der Waals surface area contributed by atoms with Gasteiger partial charge in [0.15, 0.2) is 5.78 Å². The van der Waals surface area contributed by atoms with Crippen LogP contribution in [0.25, 0.3) is 0 Å². The molecular weight excluding hydrogens is 196 g/mol. The summed E-state index contributed by atoms with van der Waals surface area (Å²) in [6.07, 6.45) is 8.52. The van der Waals surface area contributed by atoms with Crippen molar-refractivity contribution in [2.24, 2.45) is 11.8 Å². The molecule has 0 aromatic heterocycles. The zero-order chi connectivity index (χ0) is 12.1. The van der Waals surface area contributed by atoms with Crippen LogP contribution < -0.4 is 0 Å². The minimum Gasteiger partial charge on any atom is -0.295 e. The Morgan fingerprint density at radius 3 is 2.81 bits per heavy atom. The average Bonchev–Trinajstić information content (AvgIpc) is 2.16. The summed E-state index contributed by atoms with van der Waals surface area (Å²) >= 11 is 0. The van der Waals surface area contributed by atoms with Crippen LogP contribution in [0.1, 0.15) is 53.4 Å². The number of hydrogen-bond donors (Lipinski definition) is 0. The van der Waals surface area contributed by atoms with E-state index in [4.69, 9.17) is 0 Å². The highest BCUT2D eigenvalue weighted by Gasteiger charge is 2.25. The highest BCUT2D eigenvalue weighted by molar-refractivity contribution is 5.93. The lowest BCUT2D eigenvalue weighted by Crippen LogP contribution is -2.23. The molecule has 2 atom stereocenters. The third-order valence-electron chi connectivity index (χ3n) is 3.47. The van der Waals surface area contributed by atoms with Crippen LogP contribution in [0.4, 0.5) is 0 Å². The molecule has 0 bridgehead atoms. The molecule has 0 aliphatic heterocycles. The first-order valence-electron chi connectivity index (χ1n) is 6.35. The Bertz CT molecular complexity index is 305. The van der Waals surface area contributed by atoms with E-state index >= 15 is 0 Å². The summed E-state index contributed by atoms with van der Waals surface area (Å²) in [5, 5.41) is 0. The topological polar surface area (TPSA) is 17.1 Å². The number of allylic oxidation sites excluding steroid dienone is 4. The Kier molecular flexibility index (Phi) is 4.98. The molecule has 0 aromatic carbocycles. The highest BCUT2D eigenvalue weighted by Crippen LogP contribution is 2.29. The molecule has 1 aliphatic rings. The molecule has 0 radical (unpaired) electrons. The van der Waals surface area contributed by atoms with Crippen LogP contribution >= 0.6 is 0 Å². The van der Waals surface area contributed by atoms with Gasteiger partial charge >= 0.3 is 0 Å². The lowest BCUT2D eigenvalue weighted by Gasteiger charge is -2.25. The third-order valence-corrected chi connectivity index (χ3v) is 3.47. The summed E-state index contributed by atoms with van der Waals surface area (Å²) in [7, 11) is 0. The Balaban J connectivity index is 2.46. The summed E-state index contributed by atoms with van der Waals surface area (Å²) in [5.74, 6) is 1.15. The normalized spacial score (nSPS) is 22.6. The molecule has 0 saturated carbocycles. The minimum absolute atomic E-state index is 0.272. The molecule has 0 N–H and O–H groups in total. The predicted molar refractivity (Wildman–Crippen MR) is 69.3 cm³/mol. The van der Waals surface area contributed by atoms with E-state index < -0.39 is 0 Å². The van der Waals surface area contributed by atoms with Crippen LogP contribution in [0.2, 0.25) is 0 Å². The second-order valence-electron chi connectivity index (χ2n) is 5.37. The summed E-state index contributed by atoms with van der Waals surface area (Å²) < 4.78 is 0. The SMILES string of the molecule is CC(C)=CCC[C@H](C)[C@@H]1CCC(C)=CC1=O. The quantitative estimate of drug-likeness (QED) is 0.646. The number of hydrogen-bond acceptors (Lipinski definition) is 1. The van der Waals surface area contributed by atoms with Crippen LogP contribution in [0.15, 0.2) is 23.3 Å². The molecule has 0 unspecified atom stereocenters. The summed E-state index contributed by atoms with van der Waals surface area (Å²) in [5.41, 5.74) is 2.62. The average molecular weight is 220 g/mol. The lowest BCUT2D eigenvalue weighted by molar-refractivity contribution is -0.120. The van der Waals surface area contributed by atoms with E-state index in [1.165, 1.54) is 11.1 Å². The van der Waals surface area contributed by atoms with E-state index in [-0.39, 0.29) is 5.92 Å². The first kappa shape index (κ1) is 13.2. The Morgan fingerprint density at radius 1 is 1.56 bits per heavy atom. The maximum atomic E-state index is 11.9. The van der Waals surface area contributed by atoms with Gasteiger partial charge in [-0.25, -0.2) is 0 Å². The van der Waals surface area contributed by atoms with Gasteiger partial charge in [0.2, 0.25) is 0 Å². The molecule has 90 valence electrons. The molecule has 1 heteroatoms. The molecule has 0 aromatic rings. The zero-order valence-corrected chi connectivity index (χ0v) is 11.0. The van der Waals surface area contributed by atoms with Crippen molar-refractivity contribution in [1.29, 1.82) is 0 Å². The second kappa shape index (κ2) is 6.03. The second-order valence-corrected chi connectivity index (χ2v) is 5.37. The molecule has 1 rings (SSSR count). The van der Waals surface area contributed by atoms with Gasteiger partial charge in [-0.3, -0.25) is 4.79 Å². The van der Waals surface area contributed by atoms with E-state index in [0.29, 0.717) is 11.7 Å². The fourth-order valence-corrected chi connectivity index (χ4v) is 2.35. The van der Waals surface area contributed by atoms with Crippen LogP contribution in [-0.4, -0.2) is 5.78 Å². The van der Waals surface area contributed by atoms with Gasteiger partial charge in [-0.15, -0.1) is 0 Å². The molecule has 0 fully saturated rings. The van der Waals surface area contributed by atoms with Crippen molar-refractivity contribution in [2.45, 2.75) is 53.4 Å². The fraction of sp³-hybridized carbons (Fsp3) is 0.667. The maximum absolute atomic E-state index is 11.9. The summed E-state index contributed by atoms with van der Waals surface area (Å²) in [6, 6.07) is 0. The largest absolute Gasteiger partial charge is 0.295 e. The van der Waals surface area contributed by atoms with Crippen molar-refractivity contribution in [1.82, 2.24) is 0 Å². The third kappa shape index (κ3) is 3.96. The van der Waals surface area contributed by atoms with Crippen LogP contribution in [0, 0.1) is 11.8 Å². The molecule has 0 spiro atoms. The summed E-state index contributed by atoms with van der Waals surface area (Å²) in [4.78, 5) is 11.9. The van der Waals surface area contributed by atoms with Crippen molar-refractivity contribution < 1.29 is 4.79 Å². The van der Waals surface area contributed by atoms with E-state index in [1.54, 1.807) is 0 Å². The molecule has 1 nitrogen and oxygen atoms in total. The van der Waals surface area contributed by atoms with Crippen LogP contribution in [0.3, 0.4) is 0 Å². The van der Waals surface area contributed by atoms with Crippen molar-refractivity contribution in [3.05, 3.63) is 23.3 Å². The van der Waals surface area contributed by atoms with Gasteiger partial charge in [-0.2, -0.15) is 0 Å². The summed E-state index contributed by atoms with van der Waals surface area (Å²) in [6.45, 7) is 8.53. The van der Waals surface area contributed by atoms with Crippen molar-refractivity contribution in [2.75, 3.05) is 0 Å². The molecule has 0 heterocycles. The van der Waals surface area contributed by atoms with Gasteiger partial charge in [-0.05, 0) is 58.4 Å². The van der Waals surface area contributed by atoms with Crippen molar-refractivity contribution in [3.8, 4) is 0 Å². The lowest BCUT2D eigenvalue weighted by atomic mass is 9.79. The molecule has 16 heavy (non-hydrogen) atoms. The number of ketones is 1. The Morgan fingerprint density at radius 2 is 2.25 bits per heavy atom. The van der Waals surface area contributed by atoms with Gasteiger partial charge in [0.1, 0.15) is 0 Å². The predicted octanol–water partition coefficient (Wildman–Crippen LogP) is 4.29. The van der Waals surface area contributed by atoms with E-state index in [1.807, 2.05) is 6.08 Å². The van der Waals surface area contributed by atoms with Crippen LogP contribution in [0.5, 0.6) is 0 Å². The van der Waals surface area contributed by atoms with Crippen molar-refractivity contribution in [3.63, 3.8) is 0 Å². The minimum atomic E-state index is 0.272. The monoisotopic (exact) mass is 220 g/mol. The zero-order valence-electron chi connectivity index (χ0n) is 11.0. The van der Waals surface area contributed by atoms with Gasteiger partial charge in [0.05, 0.1) is 0 Å². The standard InChI is InChI=1S/C15H24O/c1-11(2)6-5-7-13(4)14-9-8-12(3)10-15(14)16/h6,10,13-14H,5,7-9H2,1-4H3/t13-,14-/m0/s1. The van der Waals surface area contributed by atoms with Gasteiger partial charge in [-0.1, -0.05) is 24.1 Å². The molecule has 0 amide bonds. The van der Waals surface area contributed by atoms with E-state index in [0.717, 1.165) is 25.7 Å². The number of carbonyl (C=O) groups is 1.